The molecule has 1 heterocycles. The number of sulfonamides is 1. The van der Waals surface area contributed by atoms with Gasteiger partial charge in [-0.15, -0.1) is 0 Å². The molecule has 3 N–H and O–H groups in total. The van der Waals surface area contributed by atoms with Crippen LogP contribution in [-0.4, -0.2) is 19.9 Å². The molecule has 0 unspecified atom stereocenters. The van der Waals surface area contributed by atoms with Crippen molar-refractivity contribution in [1.82, 2.24) is 9.71 Å². The molecule has 6 heteroatoms. The van der Waals surface area contributed by atoms with Gasteiger partial charge in [0.05, 0.1) is 0 Å². The maximum Gasteiger partial charge on any atom is 0.244 e. The minimum absolute atomic E-state index is 0.00767. The molecule has 0 amide bonds. The number of nitrogens with one attached hydrogen (secondary N) is 1. The zero-order chi connectivity index (χ0) is 11.5. The molecule has 15 heavy (non-hydrogen) atoms. The van der Waals surface area contributed by atoms with E-state index in [1.54, 1.807) is 6.92 Å². The van der Waals surface area contributed by atoms with Crippen LogP contribution in [0, 0.1) is 0 Å². The highest BCUT2D eigenvalue weighted by Gasteiger charge is 2.16. The third-order valence-corrected chi connectivity index (χ3v) is 3.10. The van der Waals surface area contributed by atoms with Crippen molar-refractivity contribution < 1.29 is 8.42 Å². The molecule has 0 aliphatic carbocycles. The lowest BCUT2D eigenvalue weighted by Crippen LogP contribution is -2.26. The highest BCUT2D eigenvalue weighted by molar-refractivity contribution is 7.89. The Morgan fingerprint density at radius 2 is 2.33 bits per heavy atom. The smallest absolute Gasteiger partial charge is 0.244 e. The van der Waals surface area contributed by atoms with Crippen LogP contribution in [0.2, 0.25) is 0 Å². The highest BCUT2D eigenvalue weighted by atomic mass is 32.2. The average Bonchev–Trinajstić information content (AvgIpc) is 2.15. The van der Waals surface area contributed by atoms with E-state index in [4.69, 9.17) is 5.73 Å². The first kappa shape index (κ1) is 11.7. The fraction of sp³-hybridized carbons (Fsp3) is 0.222. The number of hydrogen-bond donors (Lipinski definition) is 2. The Morgan fingerprint density at radius 1 is 1.67 bits per heavy atom. The molecular weight excluding hydrogens is 214 g/mol. The standard InChI is InChI=1S/C9H13N3O2S/c1-7(2)6-12-15(13,14)8-4-3-5-11-9(8)10/h3-5,12H,1,6H2,2H3,(H2,10,11). The highest BCUT2D eigenvalue weighted by Crippen LogP contribution is 2.13. The molecule has 1 aromatic heterocycles. The number of pyridine rings is 1. The van der Waals surface area contributed by atoms with E-state index in [9.17, 15) is 8.42 Å². The lowest BCUT2D eigenvalue weighted by molar-refractivity contribution is 0.585. The fourth-order valence-electron chi connectivity index (χ4n) is 0.926. The van der Waals surface area contributed by atoms with Gasteiger partial charge in [0.2, 0.25) is 10.0 Å². The van der Waals surface area contributed by atoms with Crippen molar-refractivity contribution in [1.29, 1.82) is 0 Å². The zero-order valence-electron chi connectivity index (χ0n) is 8.40. The van der Waals surface area contributed by atoms with Crippen LogP contribution in [0.15, 0.2) is 35.4 Å². The average molecular weight is 227 g/mol. The van der Waals surface area contributed by atoms with Gasteiger partial charge in [-0.1, -0.05) is 12.2 Å². The Labute approximate surface area is 89.1 Å². The topological polar surface area (TPSA) is 85.1 Å². The summed E-state index contributed by atoms with van der Waals surface area (Å²) in [5.74, 6) is -0.00767. The van der Waals surface area contributed by atoms with E-state index in [0.717, 1.165) is 5.57 Å². The van der Waals surface area contributed by atoms with E-state index < -0.39 is 10.0 Å². The zero-order valence-corrected chi connectivity index (χ0v) is 9.21. The predicted molar refractivity (Wildman–Crippen MR) is 58.7 cm³/mol. The van der Waals surface area contributed by atoms with Crippen molar-refractivity contribution >= 4 is 15.8 Å². The number of anilines is 1. The minimum atomic E-state index is -3.58. The molecular formula is C9H13N3O2S. The minimum Gasteiger partial charge on any atom is -0.383 e. The Morgan fingerprint density at radius 3 is 2.87 bits per heavy atom. The van der Waals surface area contributed by atoms with Gasteiger partial charge in [-0.3, -0.25) is 0 Å². The lowest BCUT2D eigenvalue weighted by atomic mass is 10.4. The number of nitrogen functional groups attached to an aromatic ring is 1. The van der Waals surface area contributed by atoms with Crippen LogP contribution < -0.4 is 10.5 Å². The normalized spacial score (nSPS) is 11.3. The van der Waals surface area contributed by atoms with Crippen molar-refractivity contribution in [3.8, 4) is 0 Å². The number of aromatic nitrogens is 1. The summed E-state index contributed by atoms with van der Waals surface area (Å²) >= 11 is 0. The Bertz CT molecular complexity index is 468. The quantitative estimate of drug-likeness (QED) is 0.734. The van der Waals surface area contributed by atoms with E-state index in [1.807, 2.05) is 0 Å². The largest absolute Gasteiger partial charge is 0.383 e. The first-order valence-corrected chi connectivity index (χ1v) is 5.76. The predicted octanol–water partition coefficient (Wildman–Crippen LogP) is 0.518. The Kier molecular flexibility index (Phi) is 3.43. The van der Waals surface area contributed by atoms with Crippen LogP contribution in [0.5, 0.6) is 0 Å². The van der Waals surface area contributed by atoms with Crippen LogP contribution in [-0.2, 0) is 10.0 Å². The number of hydrogen-bond acceptors (Lipinski definition) is 4. The summed E-state index contributed by atoms with van der Waals surface area (Å²) in [6.45, 7) is 5.52. The van der Waals surface area contributed by atoms with Crippen LogP contribution in [0.4, 0.5) is 5.82 Å². The molecule has 0 spiro atoms. The van der Waals surface area contributed by atoms with Crippen LogP contribution in [0.3, 0.4) is 0 Å². The van der Waals surface area contributed by atoms with Crippen LogP contribution in [0.25, 0.3) is 0 Å². The summed E-state index contributed by atoms with van der Waals surface area (Å²) in [5, 5.41) is 0. The maximum atomic E-state index is 11.7. The van der Waals surface area contributed by atoms with Gasteiger partial charge in [-0.25, -0.2) is 18.1 Å². The van der Waals surface area contributed by atoms with E-state index in [2.05, 4.69) is 16.3 Å². The van der Waals surface area contributed by atoms with Gasteiger partial charge in [-0.05, 0) is 19.1 Å². The molecule has 0 aliphatic heterocycles. The van der Waals surface area contributed by atoms with E-state index in [0.29, 0.717) is 0 Å². The third kappa shape index (κ3) is 3.03. The first-order chi connectivity index (χ1) is 6.93. The van der Waals surface area contributed by atoms with Gasteiger partial charge >= 0.3 is 0 Å². The SMILES string of the molecule is C=C(C)CNS(=O)(=O)c1cccnc1N. The number of rotatable bonds is 4. The summed E-state index contributed by atoms with van der Waals surface area (Å²) < 4.78 is 25.7. The van der Waals surface area contributed by atoms with Crippen LogP contribution in [0.1, 0.15) is 6.92 Å². The molecule has 0 aromatic carbocycles. The van der Waals surface area contributed by atoms with Gasteiger partial charge < -0.3 is 5.73 Å². The molecule has 0 radical (unpaired) electrons. The Balaban J connectivity index is 2.97. The third-order valence-electron chi connectivity index (χ3n) is 1.65. The number of nitrogens with zero attached hydrogens (tertiary/aromatic N) is 1. The van der Waals surface area contributed by atoms with E-state index in [1.165, 1.54) is 18.3 Å². The monoisotopic (exact) mass is 227 g/mol. The molecule has 0 bridgehead atoms. The summed E-state index contributed by atoms with van der Waals surface area (Å²) in [4.78, 5) is 3.70. The fourth-order valence-corrected chi connectivity index (χ4v) is 2.10. The summed E-state index contributed by atoms with van der Waals surface area (Å²) in [5.41, 5.74) is 6.18. The molecule has 1 rings (SSSR count). The molecule has 0 atom stereocenters. The Hall–Kier alpha value is -1.40. The van der Waals surface area contributed by atoms with Gasteiger partial charge in [0.25, 0.3) is 0 Å². The van der Waals surface area contributed by atoms with Crippen molar-refractivity contribution in [2.24, 2.45) is 0 Å². The van der Waals surface area contributed by atoms with E-state index >= 15 is 0 Å². The number of nitrogens with two attached hydrogens (primary N) is 1. The summed E-state index contributed by atoms with van der Waals surface area (Å²) in [7, 11) is -3.58. The molecule has 0 saturated carbocycles. The van der Waals surface area contributed by atoms with Crippen molar-refractivity contribution in [3.63, 3.8) is 0 Å². The van der Waals surface area contributed by atoms with E-state index in [-0.39, 0.29) is 17.3 Å². The lowest BCUT2D eigenvalue weighted by Gasteiger charge is -2.07. The maximum absolute atomic E-state index is 11.7. The second kappa shape index (κ2) is 4.41. The van der Waals surface area contributed by atoms with Crippen molar-refractivity contribution in [2.75, 3.05) is 12.3 Å². The molecule has 0 saturated heterocycles. The molecule has 82 valence electrons. The summed E-state index contributed by atoms with van der Waals surface area (Å²) in [6, 6.07) is 2.93. The second-order valence-corrected chi connectivity index (χ2v) is 4.90. The molecule has 0 aliphatic rings. The van der Waals surface area contributed by atoms with Crippen molar-refractivity contribution in [2.45, 2.75) is 11.8 Å². The van der Waals surface area contributed by atoms with Crippen LogP contribution >= 0.6 is 0 Å². The second-order valence-electron chi connectivity index (χ2n) is 3.17. The van der Waals surface area contributed by atoms with Gasteiger partial charge in [0.15, 0.2) is 0 Å². The first-order valence-electron chi connectivity index (χ1n) is 4.28. The van der Waals surface area contributed by atoms with Gasteiger partial charge in [-0.2, -0.15) is 0 Å². The molecule has 5 nitrogen and oxygen atoms in total. The van der Waals surface area contributed by atoms with Crippen molar-refractivity contribution in [3.05, 3.63) is 30.5 Å². The summed E-state index contributed by atoms with van der Waals surface area (Å²) in [6.07, 6.45) is 1.44. The van der Waals surface area contributed by atoms with Gasteiger partial charge in [0.1, 0.15) is 10.7 Å². The van der Waals surface area contributed by atoms with Gasteiger partial charge in [0, 0.05) is 12.7 Å². The molecule has 1 aromatic rings. The molecule has 0 fully saturated rings.